The highest BCUT2D eigenvalue weighted by Gasteiger charge is 2.22. The molecule has 0 unspecified atom stereocenters. The van der Waals surface area contributed by atoms with Gasteiger partial charge in [-0.3, -0.25) is 0 Å². The van der Waals surface area contributed by atoms with Crippen molar-refractivity contribution in [3.05, 3.63) is 23.0 Å². The first-order chi connectivity index (χ1) is 10.6. The van der Waals surface area contributed by atoms with Gasteiger partial charge in [-0.05, 0) is 45.4 Å². The first-order valence-electron chi connectivity index (χ1n) is 8.35. The molecular weight excluding hydrogens is 276 g/mol. The summed E-state index contributed by atoms with van der Waals surface area (Å²) in [6.07, 6.45) is 4.16. The van der Waals surface area contributed by atoms with Crippen LogP contribution in [0.2, 0.25) is 0 Å². The second-order valence-corrected chi connectivity index (χ2v) is 6.35. The average molecular weight is 302 g/mol. The summed E-state index contributed by atoms with van der Waals surface area (Å²) in [5, 5.41) is 13.8. The molecule has 1 aliphatic rings. The van der Waals surface area contributed by atoms with Crippen molar-refractivity contribution in [3.8, 4) is 0 Å². The van der Waals surface area contributed by atoms with Crippen molar-refractivity contribution in [1.29, 1.82) is 0 Å². The zero-order chi connectivity index (χ0) is 15.7. The van der Waals surface area contributed by atoms with Gasteiger partial charge in [-0.25, -0.2) is 4.98 Å². The van der Waals surface area contributed by atoms with Crippen LogP contribution < -0.4 is 4.90 Å². The predicted octanol–water partition coefficient (Wildman–Crippen LogP) is 2.51. The number of piperidine rings is 1. The Hall–Kier alpha value is -1.62. The van der Waals surface area contributed by atoms with Crippen LogP contribution in [0.4, 0.5) is 5.82 Å². The lowest BCUT2D eigenvalue weighted by Gasteiger charge is -2.33. The second kappa shape index (κ2) is 6.24. The Kier molecular flexibility index (Phi) is 4.34. The van der Waals surface area contributed by atoms with Crippen molar-refractivity contribution >= 4 is 11.5 Å². The summed E-state index contributed by atoms with van der Waals surface area (Å²) in [6.45, 7) is 8.67. The van der Waals surface area contributed by atoms with Crippen LogP contribution in [0, 0.1) is 19.8 Å². The molecule has 120 valence electrons. The lowest BCUT2D eigenvalue weighted by molar-refractivity contribution is 0.240. The molecule has 0 spiro atoms. The van der Waals surface area contributed by atoms with Crippen LogP contribution in [-0.4, -0.2) is 39.4 Å². The molecule has 5 heteroatoms. The molecule has 1 saturated heterocycles. The van der Waals surface area contributed by atoms with Gasteiger partial charge in [0.2, 0.25) is 0 Å². The summed E-state index contributed by atoms with van der Waals surface area (Å²) in [7, 11) is 0. The molecule has 5 nitrogen and oxygen atoms in total. The third kappa shape index (κ3) is 2.70. The standard InChI is InChI=1S/C17H26N4O/c1-4-15-11-16(20-8-5-14(6-9-20)7-10-22)21-17(18-15)12(2)13(3)19-21/h11,14,22H,4-10H2,1-3H3. The maximum atomic E-state index is 9.11. The zero-order valence-electron chi connectivity index (χ0n) is 13.8. The van der Waals surface area contributed by atoms with E-state index in [0.717, 1.165) is 55.8 Å². The minimum atomic E-state index is 0.307. The van der Waals surface area contributed by atoms with Gasteiger partial charge < -0.3 is 10.0 Å². The van der Waals surface area contributed by atoms with Crippen LogP contribution in [0.1, 0.15) is 43.1 Å². The number of aryl methyl sites for hydroxylation is 3. The Morgan fingerprint density at radius 1 is 1.27 bits per heavy atom. The van der Waals surface area contributed by atoms with Crippen LogP contribution in [-0.2, 0) is 6.42 Å². The molecule has 3 heterocycles. The van der Waals surface area contributed by atoms with E-state index in [2.05, 4.69) is 24.8 Å². The molecule has 2 aromatic heterocycles. The lowest BCUT2D eigenvalue weighted by atomic mass is 9.94. The number of anilines is 1. The molecule has 0 radical (unpaired) electrons. The highest BCUT2D eigenvalue weighted by Crippen LogP contribution is 2.27. The van der Waals surface area contributed by atoms with Gasteiger partial charge in [0.25, 0.3) is 0 Å². The SMILES string of the molecule is CCc1cc(N2CCC(CCO)CC2)n2nc(C)c(C)c2n1. The average Bonchev–Trinajstić information content (AvgIpc) is 2.83. The summed E-state index contributed by atoms with van der Waals surface area (Å²) in [4.78, 5) is 7.18. The van der Waals surface area contributed by atoms with Gasteiger partial charge in [0, 0.05) is 37.0 Å². The van der Waals surface area contributed by atoms with Crippen LogP contribution in [0.5, 0.6) is 0 Å². The number of hydrogen-bond acceptors (Lipinski definition) is 4. The van der Waals surface area contributed by atoms with E-state index >= 15 is 0 Å². The van der Waals surface area contributed by atoms with Gasteiger partial charge in [-0.15, -0.1) is 0 Å². The minimum absolute atomic E-state index is 0.307. The summed E-state index contributed by atoms with van der Waals surface area (Å²) in [6, 6.07) is 2.19. The molecule has 1 fully saturated rings. The number of aliphatic hydroxyl groups excluding tert-OH is 1. The first-order valence-corrected chi connectivity index (χ1v) is 8.35. The topological polar surface area (TPSA) is 53.7 Å². The van der Waals surface area contributed by atoms with Gasteiger partial charge in [-0.2, -0.15) is 9.61 Å². The molecule has 0 amide bonds. The van der Waals surface area contributed by atoms with Crippen LogP contribution in [0.15, 0.2) is 6.07 Å². The smallest absolute Gasteiger partial charge is 0.160 e. The number of rotatable bonds is 4. The molecule has 0 saturated carbocycles. The van der Waals surface area contributed by atoms with Crippen LogP contribution in [0.3, 0.4) is 0 Å². The number of nitrogens with zero attached hydrogens (tertiary/aromatic N) is 4. The Morgan fingerprint density at radius 2 is 2.00 bits per heavy atom. The fourth-order valence-corrected chi connectivity index (χ4v) is 3.30. The molecule has 2 aromatic rings. The Balaban J connectivity index is 1.95. The summed E-state index contributed by atoms with van der Waals surface area (Å²) < 4.78 is 2.01. The number of aromatic nitrogens is 3. The summed E-state index contributed by atoms with van der Waals surface area (Å²) in [5.41, 5.74) is 4.34. The lowest BCUT2D eigenvalue weighted by Crippen LogP contribution is -2.35. The van der Waals surface area contributed by atoms with Crippen molar-refractivity contribution < 1.29 is 5.11 Å². The fourth-order valence-electron chi connectivity index (χ4n) is 3.30. The summed E-state index contributed by atoms with van der Waals surface area (Å²) in [5.74, 6) is 1.82. The molecule has 0 atom stereocenters. The van der Waals surface area contributed by atoms with E-state index in [-0.39, 0.29) is 0 Å². The van der Waals surface area contributed by atoms with Crippen molar-refractivity contribution in [2.24, 2.45) is 5.92 Å². The largest absolute Gasteiger partial charge is 0.396 e. The highest BCUT2D eigenvalue weighted by molar-refractivity contribution is 5.57. The Morgan fingerprint density at radius 3 is 2.64 bits per heavy atom. The highest BCUT2D eigenvalue weighted by atomic mass is 16.3. The molecule has 1 aliphatic heterocycles. The quantitative estimate of drug-likeness (QED) is 0.943. The van der Waals surface area contributed by atoms with Gasteiger partial charge in [0.1, 0.15) is 5.82 Å². The number of aliphatic hydroxyl groups is 1. The predicted molar refractivity (Wildman–Crippen MR) is 88.5 cm³/mol. The maximum Gasteiger partial charge on any atom is 0.160 e. The van der Waals surface area contributed by atoms with E-state index in [1.54, 1.807) is 0 Å². The maximum absolute atomic E-state index is 9.11. The van der Waals surface area contributed by atoms with E-state index in [9.17, 15) is 0 Å². The normalized spacial score (nSPS) is 16.6. The van der Waals surface area contributed by atoms with E-state index in [0.29, 0.717) is 12.5 Å². The summed E-state index contributed by atoms with van der Waals surface area (Å²) >= 11 is 0. The molecular formula is C17H26N4O. The van der Waals surface area contributed by atoms with Crippen molar-refractivity contribution in [2.45, 2.75) is 46.5 Å². The third-order valence-corrected chi connectivity index (χ3v) is 4.93. The number of hydrogen-bond donors (Lipinski definition) is 1. The minimum Gasteiger partial charge on any atom is -0.396 e. The Bertz CT molecular complexity index is 656. The molecule has 0 bridgehead atoms. The van der Waals surface area contributed by atoms with Crippen LogP contribution >= 0.6 is 0 Å². The van der Waals surface area contributed by atoms with Crippen LogP contribution in [0.25, 0.3) is 5.65 Å². The molecule has 0 aliphatic carbocycles. The van der Waals surface area contributed by atoms with Crippen molar-refractivity contribution in [3.63, 3.8) is 0 Å². The van der Waals surface area contributed by atoms with Crippen molar-refractivity contribution in [1.82, 2.24) is 14.6 Å². The molecule has 0 aromatic carbocycles. The van der Waals surface area contributed by atoms with Crippen molar-refractivity contribution in [2.75, 3.05) is 24.6 Å². The molecule has 22 heavy (non-hydrogen) atoms. The van der Waals surface area contributed by atoms with E-state index in [4.69, 9.17) is 15.2 Å². The monoisotopic (exact) mass is 302 g/mol. The second-order valence-electron chi connectivity index (χ2n) is 6.35. The number of fused-ring (bicyclic) bond motifs is 1. The third-order valence-electron chi connectivity index (χ3n) is 4.93. The van der Waals surface area contributed by atoms with Gasteiger partial charge in [0.15, 0.2) is 5.65 Å². The van der Waals surface area contributed by atoms with Gasteiger partial charge >= 0.3 is 0 Å². The molecule has 3 rings (SSSR count). The van der Waals surface area contributed by atoms with E-state index in [1.807, 2.05) is 11.4 Å². The molecule has 1 N–H and O–H groups in total. The van der Waals surface area contributed by atoms with E-state index < -0.39 is 0 Å². The Labute approximate surface area is 132 Å². The van der Waals surface area contributed by atoms with Gasteiger partial charge in [-0.1, -0.05) is 6.92 Å². The first kappa shape index (κ1) is 15.3. The fraction of sp³-hybridized carbons (Fsp3) is 0.647. The van der Waals surface area contributed by atoms with Gasteiger partial charge in [0.05, 0.1) is 5.69 Å². The zero-order valence-corrected chi connectivity index (χ0v) is 13.8. The van der Waals surface area contributed by atoms with E-state index in [1.165, 1.54) is 11.4 Å².